The highest BCUT2D eigenvalue weighted by molar-refractivity contribution is 6.29. The molecule has 0 radical (unpaired) electrons. The van der Waals surface area contributed by atoms with Gasteiger partial charge in [0.1, 0.15) is 11.2 Å². The molecule has 0 fully saturated rings. The lowest BCUT2D eigenvalue weighted by Gasteiger charge is -2.16. The summed E-state index contributed by atoms with van der Waals surface area (Å²) in [6, 6.07) is 2.65. The normalized spacial score (nSPS) is 12.2. The summed E-state index contributed by atoms with van der Waals surface area (Å²) in [5, 5.41) is 3.01. The van der Waals surface area contributed by atoms with E-state index in [1.165, 1.54) is 0 Å². The number of hydrogen-bond acceptors (Lipinski definition) is 3. The smallest absolute Gasteiger partial charge is 0.240 e. The molecule has 0 unspecified atom stereocenters. The largest absolute Gasteiger partial charge is 0.368 e. The zero-order valence-corrected chi connectivity index (χ0v) is 11.8. The molecule has 0 aromatic carbocycles. The molecule has 0 spiro atoms. The average Bonchev–Trinajstić information content (AvgIpc) is 2.29. The van der Waals surface area contributed by atoms with Gasteiger partial charge in [-0.2, -0.15) is 0 Å². The van der Waals surface area contributed by atoms with Crippen molar-refractivity contribution in [2.45, 2.75) is 32.7 Å². The van der Waals surface area contributed by atoms with Gasteiger partial charge in [0.15, 0.2) is 0 Å². The number of pyridine rings is 1. The Hall–Kier alpha value is -1.62. The van der Waals surface area contributed by atoms with Crippen molar-refractivity contribution in [2.75, 3.05) is 0 Å². The second-order valence-electron chi connectivity index (χ2n) is 4.81. The summed E-state index contributed by atoms with van der Waals surface area (Å²) in [6.07, 6.45) is 2.23. The SMILES string of the molecule is CC(C)CC(=O)N[C@@H](Cc1ccc(Cl)nc1)C(N)=O. The van der Waals surface area contributed by atoms with E-state index >= 15 is 0 Å². The Balaban J connectivity index is 2.65. The summed E-state index contributed by atoms with van der Waals surface area (Å²) in [6.45, 7) is 3.87. The van der Waals surface area contributed by atoms with Gasteiger partial charge < -0.3 is 11.1 Å². The van der Waals surface area contributed by atoms with Gasteiger partial charge in [-0.05, 0) is 17.5 Å². The van der Waals surface area contributed by atoms with Gasteiger partial charge in [0.05, 0.1) is 0 Å². The van der Waals surface area contributed by atoms with Crippen LogP contribution >= 0.6 is 11.6 Å². The molecule has 5 nitrogen and oxygen atoms in total. The number of carbonyl (C=O) groups excluding carboxylic acids is 2. The summed E-state index contributed by atoms with van der Waals surface area (Å²) in [5.41, 5.74) is 6.08. The predicted molar refractivity (Wildman–Crippen MR) is 73.5 cm³/mol. The van der Waals surface area contributed by atoms with Gasteiger partial charge in [-0.3, -0.25) is 9.59 Å². The van der Waals surface area contributed by atoms with E-state index in [4.69, 9.17) is 17.3 Å². The maximum Gasteiger partial charge on any atom is 0.240 e. The molecule has 6 heteroatoms. The fourth-order valence-corrected chi connectivity index (χ4v) is 1.72. The van der Waals surface area contributed by atoms with Gasteiger partial charge in [-0.1, -0.05) is 31.5 Å². The van der Waals surface area contributed by atoms with Crippen LogP contribution in [0.1, 0.15) is 25.8 Å². The van der Waals surface area contributed by atoms with Gasteiger partial charge in [0.25, 0.3) is 0 Å². The van der Waals surface area contributed by atoms with Crippen LogP contribution in [-0.4, -0.2) is 22.8 Å². The first-order valence-corrected chi connectivity index (χ1v) is 6.45. The van der Waals surface area contributed by atoms with Crippen molar-refractivity contribution in [1.82, 2.24) is 10.3 Å². The number of amides is 2. The molecule has 1 atom stereocenters. The average molecular weight is 284 g/mol. The number of nitrogens with two attached hydrogens (primary N) is 1. The topological polar surface area (TPSA) is 85.1 Å². The third-order valence-electron chi connectivity index (χ3n) is 2.50. The number of hydrogen-bond donors (Lipinski definition) is 2. The minimum Gasteiger partial charge on any atom is -0.368 e. The van der Waals surface area contributed by atoms with Crippen LogP contribution < -0.4 is 11.1 Å². The van der Waals surface area contributed by atoms with Gasteiger partial charge >= 0.3 is 0 Å². The molecular weight excluding hydrogens is 266 g/mol. The highest BCUT2D eigenvalue weighted by Gasteiger charge is 2.19. The van der Waals surface area contributed by atoms with E-state index in [-0.39, 0.29) is 11.8 Å². The molecule has 0 aliphatic rings. The van der Waals surface area contributed by atoms with Gasteiger partial charge in [-0.25, -0.2) is 4.98 Å². The van der Waals surface area contributed by atoms with E-state index in [1.54, 1.807) is 18.3 Å². The number of carbonyl (C=O) groups is 2. The summed E-state index contributed by atoms with van der Waals surface area (Å²) in [5.74, 6) is -0.515. The molecule has 1 rings (SSSR count). The quantitative estimate of drug-likeness (QED) is 0.772. The standard InChI is InChI=1S/C13H18ClN3O2/c1-8(2)5-12(18)17-10(13(15)19)6-9-3-4-11(14)16-7-9/h3-4,7-8,10H,5-6H2,1-2H3,(H2,15,19)(H,17,18)/t10-/m0/s1. The van der Waals surface area contributed by atoms with Crippen molar-refractivity contribution in [3.63, 3.8) is 0 Å². The number of nitrogens with one attached hydrogen (secondary N) is 1. The van der Waals surface area contributed by atoms with Crippen molar-refractivity contribution >= 4 is 23.4 Å². The lowest BCUT2D eigenvalue weighted by molar-refractivity contribution is -0.127. The van der Waals surface area contributed by atoms with Crippen molar-refractivity contribution in [2.24, 2.45) is 11.7 Å². The number of halogens is 1. The maximum atomic E-state index is 11.7. The Labute approximate surface area is 117 Å². The van der Waals surface area contributed by atoms with Crippen molar-refractivity contribution in [1.29, 1.82) is 0 Å². The first-order chi connectivity index (χ1) is 8.88. The van der Waals surface area contributed by atoms with Gasteiger partial charge in [0, 0.05) is 19.0 Å². The van der Waals surface area contributed by atoms with E-state index < -0.39 is 11.9 Å². The van der Waals surface area contributed by atoms with Gasteiger partial charge in [-0.15, -0.1) is 0 Å². The molecule has 2 amide bonds. The van der Waals surface area contributed by atoms with Crippen LogP contribution in [0.25, 0.3) is 0 Å². The first-order valence-electron chi connectivity index (χ1n) is 6.07. The van der Waals surface area contributed by atoms with E-state index in [1.807, 2.05) is 13.8 Å². The zero-order valence-electron chi connectivity index (χ0n) is 11.0. The molecule has 104 valence electrons. The summed E-state index contributed by atoms with van der Waals surface area (Å²) >= 11 is 5.68. The highest BCUT2D eigenvalue weighted by atomic mass is 35.5. The number of rotatable bonds is 6. The monoisotopic (exact) mass is 283 g/mol. The van der Waals surface area contributed by atoms with Crippen LogP contribution in [0.5, 0.6) is 0 Å². The van der Waals surface area contributed by atoms with E-state index in [0.717, 1.165) is 5.56 Å². The fraction of sp³-hybridized carbons (Fsp3) is 0.462. The number of primary amides is 1. The highest BCUT2D eigenvalue weighted by Crippen LogP contribution is 2.08. The molecule has 1 heterocycles. The molecule has 0 bridgehead atoms. The van der Waals surface area contributed by atoms with Crippen LogP contribution in [0, 0.1) is 5.92 Å². The van der Waals surface area contributed by atoms with E-state index in [9.17, 15) is 9.59 Å². The molecule has 0 aliphatic carbocycles. The molecule has 3 N–H and O–H groups in total. The van der Waals surface area contributed by atoms with Gasteiger partial charge in [0.2, 0.25) is 11.8 Å². The molecular formula is C13H18ClN3O2. The molecule has 0 saturated heterocycles. The Morgan fingerprint density at radius 1 is 1.42 bits per heavy atom. The Morgan fingerprint density at radius 2 is 2.11 bits per heavy atom. The molecule has 1 aromatic rings. The number of aromatic nitrogens is 1. The van der Waals surface area contributed by atoms with Crippen molar-refractivity contribution < 1.29 is 9.59 Å². The third kappa shape index (κ3) is 5.70. The fourth-order valence-electron chi connectivity index (χ4n) is 1.61. The van der Waals surface area contributed by atoms with E-state index in [0.29, 0.717) is 18.0 Å². The molecule has 19 heavy (non-hydrogen) atoms. The summed E-state index contributed by atoms with van der Waals surface area (Å²) < 4.78 is 0. The van der Waals surface area contributed by atoms with Crippen LogP contribution in [0.4, 0.5) is 0 Å². The second-order valence-corrected chi connectivity index (χ2v) is 5.20. The second kappa shape index (κ2) is 7.09. The maximum absolute atomic E-state index is 11.7. The van der Waals surface area contributed by atoms with Crippen molar-refractivity contribution in [3.8, 4) is 0 Å². The summed E-state index contributed by atoms with van der Waals surface area (Å²) in [4.78, 5) is 26.9. The third-order valence-corrected chi connectivity index (χ3v) is 2.72. The van der Waals surface area contributed by atoms with Crippen LogP contribution in [0.2, 0.25) is 5.15 Å². The van der Waals surface area contributed by atoms with Crippen LogP contribution in [0.3, 0.4) is 0 Å². The van der Waals surface area contributed by atoms with Crippen LogP contribution in [0.15, 0.2) is 18.3 Å². The lowest BCUT2D eigenvalue weighted by Crippen LogP contribution is -2.46. The van der Waals surface area contributed by atoms with E-state index in [2.05, 4.69) is 10.3 Å². The first kappa shape index (κ1) is 15.4. The minimum absolute atomic E-state index is 0.180. The van der Waals surface area contributed by atoms with Crippen molar-refractivity contribution in [3.05, 3.63) is 29.0 Å². The van der Waals surface area contributed by atoms with Crippen LogP contribution in [-0.2, 0) is 16.0 Å². The minimum atomic E-state index is -0.728. The Bertz CT molecular complexity index is 446. The Kier molecular flexibility index (Phi) is 5.76. The molecule has 0 saturated carbocycles. The number of nitrogens with zero attached hydrogens (tertiary/aromatic N) is 1. The Morgan fingerprint density at radius 3 is 2.58 bits per heavy atom. The lowest BCUT2D eigenvalue weighted by atomic mass is 10.1. The zero-order chi connectivity index (χ0) is 14.4. The molecule has 1 aromatic heterocycles. The molecule has 0 aliphatic heterocycles. The predicted octanol–water partition coefficient (Wildman–Crippen LogP) is 1.29. The summed E-state index contributed by atoms with van der Waals surface area (Å²) in [7, 11) is 0.